The molecule has 1 aromatic carbocycles. The van der Waals surface area contributed by atoms with Gasteiger partial charge < -0.3 is 10.1 Å². The smallest absolute Gasteiger partial charge is 0.273 e. The number of thiophene rings is 1. The van der Waals surface area contributed by atoms with E-state index in [0.29, 0.717) is 12.3 Å². The van der Waals surface area contributed by atoms with Crippen molar-refractivity contribution in [2.24, 2.45) is 0 Å². The van der Waals surface area contributed by atoms with E-state index in [0.717, 1.165) is 5.69 Å². The highest BCUT2D eigenvalue weighted by molar-refractivity contribution is 7.11. The van der Waals surface area contributed by atoms with Crippen LogP contribution in [0.25, 0.3) is 0 Å². The van der Waals surface area contributed by atoms with Gasteiger partial charge in [0.15, 0.2) is 0 Å². The van der Waals surface area contributed by atoms with Crippen LogP contribution in [-0.2, 0) is 6.54 Å². The number of ether oxygens (including phenoxy) is 1. The van der Waals surface area contributed by atoms with E-state index >= 15 is 0 Å². The minimum absolute atomic E-state index is 0.0226. The molecule has 0 bridgehead atoms. The maximum Gasteiger partial charge on any atom is 0.273 e. The zero-order chi connectivity index (χ0) is 13.8. The minimum atomic E-state index is -0.436. The van der Waals surface area contributed by atoms with Crippen molar-refractivity contribution in [2.45, 2.75) is 13.5 Å². The molecule has 0 radical (unpaired) electrons. The van der Waals surface area contributed by atoms with Crippen LogP contribution in [0.3, 0.4) is 0 Å². The Morgan fingerprint density at radius 2 is 2.16 bits per heavy atom. The number of hydrogen-bond donors (Lipinski definition) is 1. The van der Waals surface area contributed by atoms with Crippen molar-refractivity contribution < 1.29 is 9.66 Å². The molecular weight excluding hydrogens is 264 g/mol. The van der Waals surface area contributed by atoms with E-state index in [9.17, 15) is 10.1 Å². The predicted molar refractivity (Wildman–Crippen MR) is 76.0 cm³/mol. The molecule has 6 heteroatoms. The van der Waals surface area contributed by atoms with Gasteiger partial charge in [-0.3, -0.25) is 10.1 Å². The summed E-state index contributed by atoms with van der Waals surface area (Å²) in [6.07, 6.45) is 0. The quantitative estimate of drug-likeness (QED) is 0.670. The standard InChI is InChI=1S/C13H14N2O3S/c1-9-3-5-11(19-9)8-14-12-6-4-10(15(16)17)7-13(12)18-2/h3-7,14H,8H2,1-2H3. The molecule has 2 aromatic rings. The van der Waals surface area contributed by atoms with Crippen molar-refractivity contribution in [1.82, 2.24) is 0 Å². The molecule has 0 aliphatic heterocycles. The number of aryl methyl sites for hydroxylation is 1. The molecule has 0 saturated carbocycles. The van der Waals surface area contributed by atoms with Crippen LogP contribution in [0, 0.1) is 17.0 Å². The Kier molecular flexibility index (Phi) is 4.01. The van der Waals surface area contributed by atoms with Crippen molar-refractivity contribution in [3.05, 3.63) is 50.2 Å². The first-order valence-electron chi connectivity index (χ1n) is 5.72. The second-order valence-corrected chi connectivity index (χ2v) is 5.38. The van der Waals surface area contributed by atoms with Gasteiger partial charge in [-0.2, -0.15) is 0 Å². The number of rotatable bonds is 5. The zero-order valence-corrected chi connectivity index (χ0v) is 11.5. The lowest BCUT2D eigenvalue weighted by Crippen LogP contribution is -2.00. The van der Waals surface area contributed by atoms with Crippen molar-refractivity contribution in [1.29, 1.82) is 0 Å². The lowest BCUT2D eigenvalue weighted by Gasteiger charge is -2.10. The molecule has 0 fully saturated rings. The molecule has 0 aliphatic rings. The summed E-state index contributed by atoms with van der Waals surface area (Å²) in [5, 5.41) is 13.9. The molecule has 1 N–H and O–H groups in total. The summed E-state index contributed by atoms with van der Waals surface area (Å²) in [5.74, 6) is 0.475. The van der Waals surface area contributed by atoms with Crippen LogP contribution in [0.1, 0.15) is 9.75 Å². The van der Waals surface area contributed by atoms with E-state index in [4.69, 9.17) is 4.74 Å². The maximum absolute atomic E-state index is 10.7. The van der Waals surface area contributed by atoms with Gasteiger partial charge in [0.1, 0.15) is 5.75 Å². The predicted octanol–water partition coefficient (Wildman–Crippen LogP) is 3.59. The molecule has 0 atom stereocenters. The Morgan fingerprint density at radius 3 is 2.74 bits per heavy atom. The van der Waals surface area contributed by atoms with E-state index in [-0.39, 0.29) is 5.69 Å². The van der Waals surface area contributed by atoms with Gasteiger partial charge in [0.05, 0.1) is 23.8 Å². The van der Waals surface area contributed by atoms with Gasteiger partial charge in [0, 0.05) is 22.4 Å². The summed E-state index contributed by atoms with van der Waals surface area (Å²) < 4.78 is 5.17. The molecule has 2 rings (SSSR count). The molecule has 100 valence electrons. The number of hydrogen-bond acceptors (Lipinski definition) is 5. The van der Waals surface area contributed by atoms with E-state index in [1.165, 1.54) is 29.0 Å². The highest BCUT2D eigenvalue weighted by Gasteiger charge is 2.11. The van der Waals surface area contributed by atoms with Gasteiger partial charge in [-0.25, -0.2) is 0 Å². The van der Waals surface area contributed by atoms with Crippen LogP contribution in [-0.4, -0.2) is 12.0 Å². The summed E-state index contributed by atoms with van der Waals surface area (Å²) in [7, 11) is 1.50. The minimum Gasteiger partial charge on any atom is -0.494 e. The molecule has 0 amide bonds. The van der Waals surface area contributed by atoms with Gasteiger partial charge >= 0.3 is 0 Å². The van der Waals surface area contributed by atoms with Crippen molar-refractivity contribution in [3.8, 4) is 5.75 Å². The van der Waals surface area contributed by atoms with Crippen molar-refractivity contribution >= 4 is 22.7 Å². The second kappa shape index (κ2) is 5.71. The van der Waals surface area contributed by atoms with Crippen molar-refractivity contribution in [3.63, 3.8) is 0 Å². The number of methoxy groups -OCH3 is 1. The molecule has 0 saturated heterocycles. The average molecular weight is 278 g/mol. The Bertz CT molecular complexity index is 595. The highest BCUT2D eigenvalue weighted by atomic mass is 32.1. The zero-order valence-electron chi connectivity index (χ0n) is 10.7. The van der Waals surface area contributed by atoms with Crippen LogP contribution in [0.15, 0.2) is 30.3 Å². The SMILES string of the molecule is COc1cc([N+](=O)[O-])ccc1NCc1ccc(C)s1. The first-order chi connectivity index (χ1) is 9.10. The second-order valence-electron chi connectivity index (χ2n) is 4.01. The fourth-order valence-electron chi connectivity index (χ4n) is 1.70. The van der Waals surface area contributed by atoms with E-state index < -0.39 is 4.92 Å². The van der Waals surface area contributed by atoms with Crippen LogP contribution < -0.4 is 10.1 Å². The summed E-state index contributed by atoms with van der Waals surface area (Å²) in [6.45, 7) is 2.73. The summed E-state index contributed by atoms with van der Waals surface area (Å²) in [5.41, 5.74) is 0.772. The number of nitro benzene ring substituents is 1. The average Bonchev–Trinajstić information content (AvgIpc) is 2.81. The number of benzene rings is 1. The third-order valence-corrected chi connectivity index (χ3v) is 3.65. The van der Waals surface area contributed by atoms with Crippen LogP contribution in [0.2, 0.25) is 0 Å². The number of nitrogens with one attached hydrogen (secondary N) is 1. The van der Waals surface area contributed by atoms with Gasteiger partial charge in [0.25, 0.3) is 5.69 Å². The van der Waals surface area contributed by atoms with E-state index in [1.807, 2.05) is 0 Å². The Hall–Kier alpha value is -2.08. The molecule has 0 unspecified atom stereocenters. The summed E-state index contributed by atoms with van der Waals surface area (Å²) in [6, 6.07) is 8.67. The van der Waals surface area contributed by atoms with Crippen LogP contribution >= 0.6 is 11.3 Å². The third-order valence-electron chi connectivity index (χ3n) is 2.65. The van der Waals surface area contributed by atoms with Gasteiger partial charge in [0.2, 0.25) is 0 Å². The van der Waals surface area contributed by atoms with Gasteiger partial charge in [-0.1, -0.05) is 0 Å². The van der Waals surface area contributed by atoms with Gasteiger partial charge in [-0.05, 0) is 25.1 Å². The number of anilines is 1. The first-order valence-corrected chi connectivity index (χ1v) is 6.53. The van der Waals surface area contributed by atoms with Gasteiger partial charge in [-0.15, -0.1) is 11.3 Å². The fourth-order valence-corrected chi connectivity index (χ4v) is 2.53. The molecule has 1 heterocycles. The third kappa shape index (κ3) is 3.23. The van der Waals surface area contributed by atoms with Crippen molar-refractivity contribution in [2.75, 3.05) is 12.4 Å². The Labute approximate surface area is 115 Å². The molecule has 0 spiro atoms. The molecular formula is C13H14N2O3S. The number of nitro groups is 1. The Morgan fingerprint density at radius 1 is 1.37 bits per heavy atom. The molecule has 0 aliphatic carbocycles. The topological polar surface area (TPSA) is 64.4 Å². The maximum atomic E-state index is 10.7. The molecule has 5 nitrogen and oxygen atoms in total. The molecule has 19 heavy (non-hydrogen) atoms. The lowest BCUT2D eigenvalue weighted by atomic mass is 10.2. The Balaban J connectivity index is 2.13. The summed E-state index contributed by atoms with van der Waals surface area (Å²) in [4.78, 5) is 12.7. The first kappa shape index (κ1) is 13.4. The highest BCUT2D eigenvalue weighted by Crippen LogP contribution is 2.29. The van der Waals surface area contributed by atoms with E-state index in [2.05, 4.69) is 24.4 Å². The lowest BCUT2D eigenvalue weighted by molar-refractivity contribution is -0.384. The monoisotopic (exact) mass is 278 g/mol. The number of nitrogens with zero attached hydrogens (tertiary/aromatic N) is 1. The molecule has 1 aromatic heterocycles. The fraction of sp³-hybridized carbons (Fsp3) is 0.231. The number of non-ortho nitro benzene ring substituents is 1. The van der Waals surface area contributed by atoms with Crippen LogP contribution in [0.4, 0.5) is 11.4 Å². The largest absolute Gasteiger partial charge is 0.494 e. The van der Waals surface area contributed by atoms with Crippen LogP contribution in [0.5, 0.6) is 5.75 Å². The van der Waals surface area contributed by atoms with E-state index in [1.54, 1.807) is 17.4 Å². The summed E-state index contributed by atoms with van der Waals surface area (Å²) >= 11 is 1.72. The normalized spacial score (nSPS) is 10.2.